The van der Waals surface area contributed by atoms with Crippen molar-refractivity contribution in [3.05, 3.63) is 80.0 Å². The standard InChI is InChI=1S/C33H32ClF3N8O6/c1-17-27(47)25(39-16-38-17)30(49)43-10-3-8-32(9-11-43)24-26(18(2)51-32)44(15-23(46)40-22-5-4-20(14-21(22)34)33(35,36)37)31-41-28(42-45(31)29(24)48)19-6-12-50-13-7-19/h4-6,14,16,18,47H,3,7-13,15H2,1-2H3,(H,40,46)/t18-,32-/m1/s1. The molecular weight excluding hydrogens is 697 g/mol. The van der Waals surface area contributed by atoms with Gasteiger partial charge in [-0.3, -0.25) is 14.4 Å². The molecule has 0 aliphatic carbocycles. The summed E-state index contributed by atoms with van der Waals surface area (Å²) in [6, 6.07) is 2.62. The van der Waals surface area contributed by atoms with Crippen molar-refractivity contribution in [2.45, 2.75) is 64.0 Å². The first kappa shape index (κ1) is 34.6. The minimum absolute atomic E-state index is 0.0305. The molecule has 0 saturated carbocycles. The number of benzene rings is 1. The highest BCUT2D eigenvalue weighted by Gasteiger charge is 2.49. The number of carbonyl (C=O) groups excluding carboxylic acids is 2. The van der Waals surface area contributed by atoms with Crippen LogP contribution in [0.2, 0.25) is 5.02 Å². The second kappa shape index (κ2) is 13.0. The van der Waals surface area contributed by atoms with Crippen molar-refractivity contribution in [1.29, 1.82) is 0 Å². The topological polar surface area (TPSA) is 166 Å². The number of anilines is 1. The number of rotatable bonds is 5. The summed E-state index contributed by atoms with van der Waals surface area (Å²) in [6.45, 7) is 4.14. The number of hydrogen-bond acceptors (Lipinski definition) is 10. The lowest BCUT2D eigenvalue weighted by atomic mass is 9.87. The number of aromatic hydroxyl groups is 1. The lowest BCUT2D eigenvalue weighted by Crippen LogP contribution is -2.37. The van der Waals surface area contributed by atoms with Gasteiger partial charge in [-0.1, -0.05) is 17.7 Å². The van der Waals surface area contributed by atoms with Crippen LogP contribution in [0.3, 0.4) is 0 Å². The molecule has 18 heteroatoms. The number of aryl methyl sites for hydroxylation is 1. The number of amides is 2. The molecule has 6 heterocycles. The van der Waals surface area contributed by atoms with Gasteiger partial charge >= 0.3 is 6.18 Å². The first-order valence-corrected chi connectivity index (χ1v) is 16.6. The third-order valence-corrected chi connectivity index (χ3v) is 9.75. The van der Waals surface area contributed by atoms with Crippen molar-refractivity contribution in [2.75, 3.05) is 31.6 Å². The highest BCUT2D eigenvalue weighted by Crippen LogP contribution is 2.48. The molecule has 14 nitrogen and oxygen atoms in total. The van der Waals surface area contributed by atoms with E-state index >= 15 is 0 Å². The van der Waals surface area contributed by atoms with Crippen molar-refractivity contribution < 1.29 is 37.3 Å². The Hall–Kier alpha value is -4.87. The molecule has 3 aromatic heterocycles. The number of nitrogens with zero attached hydrogens (tertiary/aromatic N) is 7. The minimum Gasteiger partial charge on any atom is -0.504 e. The highest BCUT2D eigenvalue weighted by molar-refractivity contribution is 6.33. The zero-order valence-corrected chi connectivity index (χ0v) is 28.2. The van der Waals surface area contributed by atoms with Crippen LogP contribution in [-0.2, 0) is 32.6 Å². The van der Waals surface area contributed by atoms with Gasteiger partial charge < -0.3 is 29.4 Å². The fourth-order valence-corrected chi connectivity index (χ4v) is 7.20. The molecule has 51 heavy (non-hydrogen) atoms. The fraction of sp³-hybridized carbons (Fsp3) is 0.424. The summed E-state index contributed by atoms with van der Waals surface area (Å²) < 4.78 is 54.4. The second-order valence-electron chi connectivity index (χ2n) is 12.7. The maximum absolute atomic E-state index is 14.4. The van der Waals surface area contributed by atoms with Gasteiger partial charge in [0, 0.05) is 13.1 Å². The van der Waals surface area contributed by atoms with E-state index in [1.807, 2.05) is 6.08 Å². The molecule has 3 aliphatic heterocycles. The van der Waals surface area contributed by atoms with Gasteiger partial charge in [0.1, 0.15) is 18.5 Å². The van der Waals surface area contributed by atoms with Gasteiger partial charge in [-0.25, -0.2) is 9.97 Å². The average molecular weight is 729 g/mol. The Balaban J connectivity index is 1.28. The van der Waals surface area contributed by atoms with E-state index in [2.05, 4.69) is 25.4 Å². The number of likely N-dealkylation sites (tertiary alicyclic amines) is 1. The van der Waals surface area contributed by atoms with Crippen LogP contribution < -0.4 is 10.9 Å². The lowest BCUT2D eigenvalue weighted by molar-refractivity contribution is -0.137. The lowest BCUT2D eigenvalue weighted by Gasteiger charge is -2.28. The van der Waals surface area contributed by atoms with Crippen LogP contribution in [0.15, 0.2) is 35.4 Å². The van der Waals surface area contributed by atoms with Crippen molar-refractivity contribution >= 4 is 40.5 Å². The van der Waals surface area contributed by atoms with Crippen LogP contribution in [-0.4, -0.2) is 77.3 Å². The molecule has 7 rings (SSSR count). The average Bonchev–Trinajstić information content (AvgIpc) is 3.59. The first-order chi connectivity index (χ1) is 24.3. The van der Waals surface area contributed by atoms with Crippen LogP contribution in [0, 0.1) is 6.92 Å². The molecule has 3 aliphatic rings. The van der Waals surface area contributed by atoms with E-state index in [0.29, 0.717) is 50.5 Å². The van der Waals surface area contributed by atoms with E-state index in [4.69, 9.17) is 21.1 Å². The first-order valence-electron chi connectivity index (χ1n) is 16.2. The predicted octanol–water partition coefficient (Wildman–Crippen LogP) is 4.42. The summed E-state index contributed by atoms with van der Waals surface area (Å²) in [5, 5.41) is 17.3. The summed E-state index contributed by atoms with van der Waals surface area (Å²) in [4.78, 5) is 55.6. The zero-order chi connectivity index (χ0) is 36.2. The number of fused-ring (bicyclic) bond motifs is 3. The Morgan fingerprint density at radius 2 is 2.00 bits per heavy atom. The van der Waals surface area contributed by atoms with Gasteiger partial charge in [-0.15, -0.1) is 5.10 Å². The SMILES string of the molecule is Cc1ncnc(C(=O)N2CCC[C@]3(CC2)O[C@H](C)c2c3c(=O)n3nc(C4=CCOCC4)nc3n2CC(=O)Nc2ccc(C(F)(F)F)cc2Cl)c1O. The molecule has 1 spiro atoms. The molecule has 4 aromatic rings. The third kappa shape index (κ3) is 6.22. The minimum atomic E-state index is -4.62. The molecule has 268 valence electrons. The largest absolute Gasteiger partial charge is 0.504 e. The number of ether oxygens (including phenoxy) is 2. The number of halogens is 4. The maximum Gasteiger partial charge on any atom is 0.416 e. The molecule has 1 aromatic carbocycles. The summed E-state index contributed by atoms with van der Waals surface area (Å²) in [6.07, 6.45) is -0.808. The molecule has 2 atom stereocenters. The van der Waals surface area contributed by atoms with Crippen LogP contribution in [0.25, 0.3) is 11.4 Å². The van der Waals surface area contributed by atoms with Crippen LogP contribution in [0.4, 0.5) is 18.9 Å². The Kier molecular flexibility index (Phi) is 8.83. The molecule has 0 radical (unpaired) electrons. The van der Waals surface area contributed by atoms with E-state index in [0.717, 1.165) is 28.3 Å². The Bertz CT molecular complexity index is 2170. The molecule has 1 saturated heterocycles. The van der Waals surface area contributed by atoms with Gasteiger partial charge in [0.25, 0.3) is 11.5 Å². The molecule has 2 amide bonds. The maximum atomic E-state index is 14.4. The fourth-order valence-electron chi connectivity index (χ4n) is 6.98. The molecule has 1 fully saturated rings. The second-order valence-corrected chi connectivity index (χ2v) is 13.1. The summed E-state index contributed by atoms with van der Waals surface area (Å²) in [5.41, 5.74) is -1.08. The summed E-state index contributed by atoms with van der Waals surface area (Å²) in [7, 11) is 0. The number of nitrogens with one attached hydrogen (secondary N) is 1. The smallest absolute Gasteiger partial charge is 0.416 e. The van der Waals surface area contributed by atoms with Crippen molar-refractivity contribution in [1.82, 2.24) is 34.0 Å². The summed E-state index contributed by atoms with van der Waals surface area (Å²) >= 11 is 6.13. The number of carbonyl (C=O) groups is 2. The van der Waals surface area contributed by atoms with Crippen molar-refractivity contribution in [3.8, 4) is 5.75 Å². The van der Waals surface area contributed by atoms with Gasteiger partial charge in [-0.2, -0.15) is 22.7 Å². The van der Waals surface area contributed by atoms with Gasteiger partial charge in [0.05, 0.1) is 52.5 Å². The monoisotopic (exact) mass is 728 g/mol. The van der Waals surface area contributed by atoms with Crippen molar-refractivity contribution in [3.63, 3.8) is 0 Å². The quantitative estimate of drug-likeness (QED) is 0.300. The predicted molar refractivity (Wildman–Crippen MR) is 175 cm³/mol. The van der Waals surface area contributed by atoms with Gasteiger partial charge in [0.15, 0.2) is 17.3 Å². The van der Waals surface area contributed by atoms with Crippen LogP contribution >= 0.6 is 11.6 Å². The number of aromatic nitrogens is 6. The van der Waals surface area contributed by atoms with E-state index in [1.165, 1.54) is 10.9 Å². The molecule has 0 unspecified atom stereocenters. The van der Waals surface area contributed by atoms with E-state index in [1.54, 1.807) is 18.7 Å². The van der Waals surface area contributed by atoms with Crippen LogP contribution in [0.1, 0.15) is 77.5 Å². The van der Waals surface area contributed by atoms with Gasteiger partial charge in [-0.05, 0) is 63.3 Å². The molecular formula is C33H32ClF3N8O6. The van der Waals surface area contributed by atoms with E-state index in [-0.39, 0.29) is 52.2 Å². The Morgan fingerprint density at radius 3 is 2.73 bits per heavy atom. The van der Waals surface area contributed by atoms with Gasteiger partial charge in [0.2, 0.25) is 11.7 Å². The number of alkyl halides is 3. The highest BCUT2D eigenvalue weighted by atomic mass is 35.5. The molecule has 2 N–H and O–H groups in total. The molecule has 0 bridgehead atoms. The normalized spacial score (nSPS) is 20.7. The van der Waals surface area contributed by atoms with Crippen molar-refractivity contribution in [2.24, 2.45) is 0 Å². The van der Waals surface area contributed by atoms with E-state index in [9.17, 15) is 32.7 Å². The Morgan fingerprint density at radius 1 is 1.20 bits per heavy atom. The van der Waals surface area contributed by atoms with E-state index < -0.39 is 47.4 Å². The third-order valence-electron chi connectivity index (χ3n) is 9.44. The summed E-state index contributed by atoms with van der Waals surface area (Å²) in [5.74, 6) is -1.08. The van der Waals surface area contributed by atoms with Crippen LogP contribution in [0.5, 0.6) is 5.75 Å². The Labute approximate surface area is 292 Å². The number of hydrogen-bond donors (Lipinski definition) is 2. The zero-order valence-electron chi connectivity index (χ0n) is 27.5.